The maximum Gasteiger partial charge on any atom is 0.254 e. The Morgan fingerprint density at radius 1 is 1.23 bits per heavy atom. The number of phenolic OH excluding ortho intramolecular Hbond substituents is 1. The van der Waals surface area contributed by atoms with Crippen molar-refractivity contribution < 1.29 is 29.6 Å². The van der Waals surface area contributed by atoms with Crippen molar-refractivity contribution in [2.75, 3.05) is 7.11 Å². The maximum absolute atomic E-state index is 12.5. The molecule has 0 radical (unpaired) electrons. The summed E-state index contributed by atoms with van der Waals surface area (Å²) in [6.45, 7) is 8.41. The van der Waals surface area contributed by atoms with E-state index in [0.717, 1.165) is 12.8 Å². The van der Waals surface area contributed by atoms with E-state index in [1.807, 2.05) is 13.8 Å². The third kappa shape index (κ3) is 2.43. The van der Waals surface area contributed by atoms with Gasteiger partial charge in [-0.3, -0.25) is 4.79 Å². The molecule has 0 bridgehead atoms. The van der Waals surface area contributed by atoms with E-state index < -0.39 is 34.9 Å². The Balaban J connectivity index is 1.68. The van der Waals surface area contributed by atoms with Crippen LogP contribution in [0.15, 0.2) is 6.07 Å². The molecule has 2 fully saturated rings. The monoisotopic (exact) mass is 431 g/mol. The number of rotatable bonds is 1. The van der Waals surface area contributed by atoms with Crippen molar-refractivity contribution >= 4 is 5.91 Å². The van der Waals surface area contributed by atoms with E-state index in [0.29, 0.717) is 35.3 Å². The first kappa shape index (κ1) is 21.0. The molecule has 2 heterocycles. The summed E-state index contributed by atoms with van der Waals surface area (Å²) in [5, 5.41) is 35.3. The van der Waals surface area contributed by atoms with E-state index in [1.54, 1.807) is 0 Å². The molecule has 1 amide bonds. The minimum atomic E-state index is -0.847. The van der Waals surface area contributed by atoms with Crippen LogP contribution in [0, 0.1) is 22.7 Å². The average molecular weight is 432 g/mol. The van der Waals surface area contributed by atoms with E-state index in [2.05, 4.69) is 19.2 Å². The zero-order valence-corrected chi connectivity index (χ0v) is 18.9. The molecule has 7 atom stereocenters. The van der Waals surface area contributed by atoms with Crippen LogP contribution in [0.25, 0.3) is 0 Å². The van der Waals surface area contributed by atoms with Gasteiger partial charge in [-0.05, 0) is 42.6 Å². The van der Waals surface area contributed by atoms with Crippen molar-refractivity contribution in [3.8, 4) is 11.5 Å². The molecule has 2 saturated carbocycles. The third-order valence-corrected chi connectivity index (χ3v) is 9.21. The largest absolute Gasteiger partial charge is 0.508 e. The SMILES string of the molecule is COC1NC(=O)c2cc(O)c3c(c21)OC1(C3)C(C)CCC2C(C)(C)C(O)C(O)CC21C. The number of amides is 1. The number of benzene rings is 1. The fraction of sp³-hybridized carbons (Fsp3) is 0.708. The van der Waals surface area contributed by atoms with Crippen molar-refractivity contribution in [1.82, 2.24) is 5.32 Å². The van der Waals surface area contributed by atoms with Gasteiger partial charge >= 0.3 is 0 Å². The molecule has 2 aliphatic carbocycles. The van der Waals surface area contributed by atoms with E-state index in [4.69, 9.17) is 9.47 Å². The fourth-order valence-corrected chi connectivity index (χ4v) is 7.54. The maximum atomic E-state index is 12.5. The number of hydrogen-bond acceptors (Lipinski definition) is 6. The van der Waals surface area contributed by atoms with Crippen LogP contribution in [0.4, 0.5) is 0 Å². The molecule has 31 heavy (non-hydrogen) atoms. The Bertz CT molecular complexity index is 960. The Labute approximate surface area is 182 Å². The van der Waals surface area contributed by atoms with E-state index in [9.17, 15) is 20.1 Å². The number of aromatic hydroxyl groups is 1. The molecular formula is C24H33NO6. The molecule has 0 aromatic heterocycles. The smallest absolute Gasteiger partial charge is 0.254 e. The number of carbonyl (C=O) groups is 1. The van der Waals surface area contributed by atoms with Gasteiger partial charge in [0.15, 0.2) is 6.23 Å². The van der Waals surface area contributed by atoms with Gasteiger partial charge in [-0.1, -0.05) is 27.7 Å². The second kappa shape index (κ2) is 6.36. The number of carbonyl (C=O) groups excluding carboxylic acids is 1. The second-order valence-corrected chi connectivity index (χ2v) is 10.9. The normalized spacial score (nSPS) is 42.5. The number of phenols is 1. The summed E-state index contributed by atoms with van der Waals surface area (Å²) in [5.41, 5.74) is 0.158. The molecule has 1 aromatic rings. The summed E-state index contributed by atoms with van der Waals surface area (Å²) in [6, 6.07) is 1.52. The lowest BCUT2D eigenvalue weighted by molar-refractivity contribution is -0.240. The molecule has 1 aromatic carbocycles. The fourth-order valence-electron chi connectivity index (χ4n) is 7.54. The zero-order valence-electron chi connectivity index (χ0n) is 18.9. The highest BCUT2D eigenvalue weighted by Gasteiger charge is 2.69. The lowest BCUT2D eigenvalue weighted by Gasteiger charge is -2.64. The molecular weight excluding hydrogens is 398 g/mol. The van der Waals surface area contributed by atoms with Gasteiger partial charge in [0.2, 0.25) is 0 Å². The van der Waals surface area contributed by atoms with Crippen LogP contribution in [0.2, 0.25) is 0 Å². The number of hydrogen-bond donors (Lipinski definition) is 4. The highest BCUT2D eigenvalue weighted by molar-refractivity contribution is 6.00. The van der Waals surface area contributed by atoms with Crippen LogP contribution in [0.3, 0.4) is 0 Å². The van der Waals surface area contributed by atoms with Gasteiger partial charge in [-0.25, -0.2) is 0 Å². The van der Waals surface area contributed by atoms with Gasteiger partial charge in [-0.15, -0.1) is 0 Å². The minimum absolute atomic E-state index is 0.0612. The van der Waals surface area contributed by atoms with E-state index in [1.165, 1.54) is 13.2 Å². The highest BCUT2D eigenvalue weighted by atomic mass is 16.5. The van der Waals surface area contributed by atoms with Gasteiger partial charge in [0.1, 0.15) is 17.1 Å². The minimum Gasteiger partial charge on any atom is -0.508 e. The van der Waals surface area contributed by atoms with Crippen molar-refractivity contribution in [1.29, 1.82) is 0 Å². The lowest BCUT2D eigenvalue weighted by atomic mass is 9.43. The molecule has 1 spiro atoms. The first-order chi connectivity index (χ1) is 14.5. The number of aliphatic hydroxyl groups is 2. The molecule has 7 unspecified atom stereocenters. The quantitative estimate of drug-likeness (QED) is 0.545. The predicted octanol–water partition coefficient (Wildman–Crippen LogP) is 2.66. The second-order valence-electron chi connectivity index (χ2n) is 10.9. The van der Waals surface area contributed by atoms with Crippen molar-refractivity contribution in [2.45, 2.75) is 77.4 Å². The van der Waals surface area contributed by atoms with Crippen LogP contribution >= 0.6 is 0 Å². The van der Waals surface area contributed by atoms with Crippen LogP contribution in [-0.2, 0) is 11.2 Å². The summed E-state index contributed by atoms with van der Waals surface area (Å²) in [6.07, 6.45) is 0.532. The van der Waals surface area contributed by atoms with Crippen molar-refractivity contribution in [2.24, 2.45) is 22.7 Å². The van der Waals surface area contributed by atoms with E-state index in [-0.39, 0.29) is 23.5 Å². The summed E-state index contributed by atoms with van der Waals surface area (Å²) < 4.78 is 12.4. The molecule has 4 N–H and O–H groups in total. The van der Waals surface area contributed by atoms with Gasteiger partial charge in [0.25, 0.3) is 5.91 Å². The van der Waals surface area contributed by atoms with Crippen molar-refractivity contribution in [3.63, 3.8) is 0 Å². The van der Waals surface area contributed by atoms with Crippen LogP contribution in [0.5, 0.6) is 11.5 Å². The summed E-state index contributed by atoms with van der Waals surface area (Å²) in [7, 11) is 1.53. The van der Waals surface area contributed by atoms with Crippen LogP contribution < -0.4 is 10.1 Å². The Kier molecular flexibility index (Phi) is 4.32. The Morgan fingerprint density at radius 2 is 1.94 bits per heavy atom. The number of methoxy groups -OCH3 is 1. The summed E-state index contributed by atoms with van der Waals surface area (Å²) in [5.74, 6) is 0.610. The highest BCUT2D eigenvalue weighted by Crippen LogP contribution is 2.67. The third-order valence-electron chi connectivity index (χ3n) is 9.21. The molecule has 0 saturated heterocycles. The topological polar surface area (TPSA) is 108 Å². The summed E-state index contributed by atoms with van der Waals surface area (Å²) >= 11 is 0. The molecule has 7 heteroatoms. The number of ether oxygens (including phenoxy) is 2. The van der Waals surface area contributed by atoms with Crippen LogP contribution in [0.1, 0.15) is 74.7 Å². The standard InChI is InChI=1S/C24H33NO6/c1-11-6-7-16-22(2,3)19(28)15(27)10-23(16,4)24(11)9-13-14(26)8-12-17(18(13)31-24)21(30-5)25-20(12)29/h8,11,15-16,19,21,26-28H,6-7,9-10H2,1-5H3,(H,25,29). The lowest BCUT2D eigenvalue weighted by Crippen LogP contribution is -2.69. The van der Waals surface area contributed by atoms with Crippen molar-refractivity contribution in [3.05, 3.63) is 22.8 Å². The van der Waals surface area contributed by atoms with Crippen LogP contribution in [-0.4, -0.2) is 46.1 Å². The van der Waals surface area contributed by atoms with Gasteiger partial charge in [0.05, 0.1) is 23.3 Å². The predicted molar refractivity (Wildman–Crippen MR) is 113 cm³/mol. The van der Waals surface area contributed by atoms with E-state index >= 15 is 0 Å². The molecule has 5 rings (SSSR count). The van der Waals surface area contributed by atoms with Gasteiger partial charge in [0, 0.05) is 24.5 Å². The number of nitrogens with one attached hydrogen (secondary N) is 1. The average Bonchev–Trinajstić information content (AvgIpc) is 3.25. The Hall–Kier alpha value is -1.83. The number of aliphatic hydroxyl groups excluding tert-OH is 2. The van der Waals surface area contributed by atoms with Gasteiger partial charge in [-0.2, -0.15) is 0 Å². The van der Waals surface area contributed by atoms with Gasteiger partial charge < -0.3 is 30.1 Å². The summed E-state index contributed by atoms with van der Waals surface area (Å²) in [4.78, 5) is 12.5. The molecule has 4 aliphatic rings. The first-order valence-corrected chi connectivity index (χ1v) is 11.3. The first-order valence-electron chi connectivity index (χ1n) is 11.3. The molecule has 2 aliphatic heterocycles. The zero-order chi connectivity index (χ0) is 22.5. The molecule has 7 nitrogen and oxygen atoms in total. The molecule has 170 valence electrons. The Morgan fingerprint density at radius 3 is 2.61 bits per heavy atom. The number of fused-ring (bicyclic) bond motifs is 5.